The van der Waals surface area contributed by atoms with Crippen molar-refractivity contribution >= 4 is 63.5 Å². The number of aromatic amines is 1. The van der Waals surface area contributed by atoms with Crippen molar-refractivity contribution in [1.82, 2.24) is 14.8 Å². The molecule has 320 valence electrons. The van der Waals surface area contributed by atoms with Crippen molar-refractivity contribution in [2.24, 2.45) is 11.3 Å². The quantitative estimate of drug-likeness (QED) is 0.138. The number of Topliss-reactive ketones (excluding diaryl/α,β-unsaturated/α-hetero) is 1. The van der Waals surface area contributed by atoms with Gasteiger partial charge in [0.25, 0.3) is 0 Å². The molecule has 15 heteroatoms. The zero-order valence-corrected chi connectivity index (χ0v) is 36.5. The van der Waals surface area contributed by atoms with Crippen molar-refractivity contribution < 1.29 is 43.2 Å². The fourth-order valence-corrected chi connectivity index (χ4v) is 14.1. The highest BCUT2D eigenvalue weighted by molar-refractivity contribution is 6.32. The van der Waals surface area contributed by atoms with E-state index >= 15 is 4.79 Å². The third kappa shape index (κ3) is 5.10. The molecule has 13 nitrogen and oxygen atoms in total. The van der Waals surface area contributed by atoms with Crippen LogP contribution in [0.25, 0.3) is 10.9 Å². The second-order valence-corrected chi connectivity index (χ2v) is 18.5. The molecule has 1 aromatic heterocycles. The first-order valence-corrected chi connectivity index (χ1v) is 21.6. The van der Waals surface area contributed by atoms with E-state index in [0.717, 1.165) is 27.6 Å². The number of esters is 3. The SMILES string of the molecule is CCC1=C(Cl)C2CN(Cc3c([nH]c4ccccc34)[C@@](C(=O)OC)(c3cc4c(cc3OC)N(C)[C@H]3[C@@](O)(C(=O)OC)[C@H](OC(C)=O)[C@]5(CC)CC(=O)CN6CC[C@]43[C@H]65)C2)C1Cl. The van der Waals surface area contributed by atoms with Gasteiger partial charge < -0.3 is 33.9 Å². The number of likely N-dealkylation sites (N-methyl/N-ethyl adjacent to an activating group) is 1. The predicted octanol–water partition coefficient (Wildman–Crippen LogP) is 5.29. The molecule has 3 unspecified atom stereocenters. The Morgan fingerprint density at radius 3 is 2.40 bits per heavy atom. The second-order valence-electron chi connectivity index (χ2n) is 17.7. The number of nitrogens with one attached hydrogen (secondary N) is 1. The van der Waals surface area contributed by atoms with E-state index in [2.05, 4.69) is 14.8 Å². The van der Waals surface area contributed by atoms with E-state index in [1.807, 2.05) is 62.2 Å². The molecule has 3 fully saturated rings. The van der Waals surface area contributed by atoms with Crippen LogP contribution >= 0.6 is 23.2 Å². The number of aliphatic hydroxyl groups is 1. The number of alkyl halides is 1. The lowest BCUT2D eigenvalue weighted by molar-refractivity contribution is -0.240. The molecule has 1 spiro atoms. The Balaban J connectivity index is 1.38. The van der Waals surface area contributed by atoms with Crippen LogP contribution in [0.4, 0.5) is 5.69 Å². The van der Waals surface area contributed by atoms with Crippen LogP contribution in [0.3, 0.4) is 0 Å². The number of anilines is 1. The molecule has 60 heavy (non-hydrogen) atoms. The number of benzene rings is 2. The number of para-hydroxylation sites is 1. The number of piperidine rings is 1. The van der Waals surface area contributed by atoms with Gasteiger partial charge in [-0.15, -0.1) is 11.6 Å². The number of aromatic nitrogens is 1. The van der Waals surface area contributed by atoms with Gasteiger partial charge in [-0.1, -0.05) is 43.6 Å². The first-order valence-electron chi connectivity index (χ1n) is 20.8. The summed E-state index contributed by atoms with van der Waals surface area (Å²) < 4.78 is 23.7. The fraction of sp³-hybridized carbons (Fsp3) is 0.556. The Morgan fingerprint density at radius 1 is 1.00 bits per heavy atom. The van der Waals surface area contributed by atoms with Crippen molar-refractivity contribution in [2.45, 2.75) is 99.5 Å². The van der Waals surface area contributed by atoms with Crippen LogP contribution in [0.15, 0.2) is 47.0 Å². The van der Waals surface area contributed by atoms with Crippen LogP contribution in [0.2, 0.25) is 0 Å². The minimum atomic E-state index is -2.43. The Kier molecular flexibility index (Phi) is 9.76. The number of carbonyl (C=O) groups excluding carboxylic acids is 4. The first kappa shape index (κ1) is 41.2. The number of fused-ring (bicyclic) bond motifs is 6. The summed E-state index contributed by atoms with van der Waals surface area (Å²) in [6.07, 6.45) is 0.136. The Labute approximate surface area is 359 Å². The van der Waals surface area contributed by atoms with Crippen LogP contribution in [-0.4, -0.2) is 121 Å². The third-order valence-electron chi connectivity index (χ3n) is 15.2. The molecule has 3 aromatic rings. The lowest BCUT2D eigenvalue weighted by atomic mass is 9.46. The largest absolute Gasteiger partial charge is 0.496 e. The molecule has 9 rings (SSSR count). The molecule has 0 radical (unpaired) electrons. The molecule has 2 bridgehead atoms. The average molecular weight is 864 g/mol. The van der Waals surface area contributed by atoms with Crippen LogP contribution in [0.1, 0.15) is 75.3 Å². The van der Waals surface area contributed by atoms with Gasteiger partial charge in [0.2, 0.25) is 5.60 Å². The molecule has 5 aliphatic heterocycles. The number of hydrogen-bond acceptors (Lipinski definition) is 12. The lowest BCUT2D eigenvalue weighted by Gasteiger charge is -2.64. The van der Waals surface area contributed by atoms with Gasteiger partial charge in [-0.3, -0.25) is 24.2 Å². The number of ketones is 1. The summed E-state index contributed by atoms with van der Waals surface area (Å²) in [5.41, 5.74) is -1.36. The van der Waals surface area contributed by atoms with E-state index in [9.17, 15) is 19.5 Å². The molecule has 2 N–H and O–H groups in total. The van der Waals surface area contributed by atoms with Crippen LogP contribution < -0.4 is 9.64 Å². The highest BCUT2D eigenvalue weighted by Gasteiger charge is 2.81. The number of ether oxygens (including phenoxy) is 4. The van der Waals surface area contributed by atoms with Crippen molar-refractivity contribution in [3.63, 3.8) is 0 Å². The summed E-state index contributed by atoms with van der Waals surface area (Å²) in [4.78, 5) is 66.4. The molecular formula is C45H52Cl2N4O9. The summed E-state index contributed by atoms with van der Waals surface area (Å²) >= 11 is 14.5. The van der Waals surface area contributed by atoms with Gasteiger partial charge in [0.15, 0.2) is 6.10 Å². The molecule has 1 aliphatic carbocycles. The highest BCUT2D eigenvalue weighted by Crippen LogP contribution is 2.69. The van der Waals surface area contributed by atoms with Gasteiger partial charge in [0, 0.05) is 95.2 Å². The average Bonchev–Trinajstić information content (AvgIpc) is 3.87. The summed E-state index contributed by atoms with van der Waals surface area (Å²) in [5.74, 6) is -2.18. The number of methoxy groups -OCH3 is 3. The molecule has 10 atom stereocenters. The smallest absolute Gasteiger partial charge is 0.344 e. The minimum Gasteiger partial charge on any atom is -0.496 e. The van der Waals surface area contributed by atoms with Crippen LogP contribution in [0, 0.1) is 11.3 Å². The van der Waals surface area contributed by atoms with E-state index in [0.29, 0.717) is 66.6 Å². The van der Waals surface area contributed by atoms with Crippen molar-refractivity contribution in [2.75, 3.05) is 52.9 Å². The van der Waals surface area contributed by atoms with E-state index in [1.165, 1.54) is 21.1 Å². The van der Waals surface area contributed by atoms with E-state index in [4.69, 9.17) is 42.1 Å². The molecular weight excluding hydrogens is 811 g/mol. The normalized spacial score (nSPS) is 35.5. The zero-order valence-electron chi connectivity index (χ0n) is 35.0. The maximum atomic E-state index is 15.3. The van der Waals surface area contributed by atoms with Crippen molar-refractivity contribution in [1.29, 1.82) is 0 Å². The van der Waals surface area contributed by atoms with Crippen molar-refractivity contribution in [3.8, 4) is 5.75 Å². The molecule has 2 saturated heterocycles. The Bertz CT molecular complexity index is 2380. The van der Waals surface area contributed by atoms with Gasteiger partial charge in [-0.25, -0.2) is 4.79 Å². The fourth-order valence-electron chi connectivity index (χ4n) is 13.2. The number of hydrogen-bond donors (Lipinski definition) is 2. The van der Waals surface area contributed by atoms with Gasteiger partial charge in [-0.05, 0) is 61.1 Å². The van der Waals surface area contributed by atoms with Crippen LogP contribution in [-0.2, 0) is 50.8 Å². The molecule has 0 amide bonds. The summed E-state index contributed by atoms with van der Waals surface area (Å²) in [5, 5.41) is 14.9. The number of carbonyl (C=O) groups is 4. The second kappa shape index (κ2) is 14.2. The van der Waals surface area contributed by atoms with Gasteiger partial charge in [0.1, 0.15) is 22.4 Å². The monoisotopic (exact) mass is 862 g/mol. The first-order chi connectivity index (χ1) is 28.6. The lowest BCUT2D eigenvalue weighted by Crippen LogP contribution is -2.82. The zero-order chi connectivity index (χ0) is 42.8. The summed E-state index contributed by atoms with van der Waals surface area (Å²) in [6, 6.07) is 10.4. The summed E-state index contributed by atoms with van der Waals surface area (Å²) in [6.45, 7) is 6.74. The van der Waals surface area contributed by atoms with Crippen molar-refractivity contribution in [3.05, 3.63) is 69.4 Å². The van der Waals surface area contributed by atoms with E-state index in [1.54, 1.807) is 7.11 Å². The molecule has 1 saturated carbocycles. The third-order valence-corrected chi connectivity index (χ3v) is 16.3. The molecule has 6 aliphatic rings. The molecule has 2 aromatic carbocycles. The topological polar surface area (TPSA) is 151 Å². The highest BCUT2D eigenvalue weighted by atomic mass is 35.5. The molecule has 6 heterocycles. The maximum Gasteiger partial charge on any atom is 0.344 e. The number of nitrogens with zero attached hydrogens (tertiary/aromatic N) is 3. The summed E-state index contributed by atoms with van der Waals surface area (Å²) in [7, 11) is 5.96. The Hall–Kier alpha value is -4.14. The van der Waals surface area contributed by atoms with Gasteiger partial charge >= 0.3 is 17.9 Å². The van der Waals surface area contributed by atoms with Gasteiger partial charge in [0.05, 0.1) is 33.9 Å². The Morgan fingerprint density at radius 2 is 1.73 bits per heavy atom. The standard InChI is InChI=1S/C45H52Cl2N4O9/c1-8-26-34(46)24-18-44(40(54)58-6,35-28(22-51(20-24)36(26)47)27-12-10-11-13-31(27)48-35)30-16-29-32(17-33(30)57-5)49(4)38-43(29)14-15-50-21-25(53)19-42(9-2,37(43)50)39(60-23(3)52)45(38,56)41(55)59-7/h10-13,16-17,24,36-39,48,56H,8-9,14-15,18-22H2,1-7H3/t24?,36?,37-,38-,39-,42-,43-,44+,45+/m1/s1. The van der Waals surface area contributed by atoms with E-state index in [-0.39, 0.29) is 31.1 Å². The maximum absolute atomic E-state index is 15.3. The van der Waals surface area contributed by atoms with E-state index < -0.39 is 63.4 Å². The number of rotatable bonds is 7. The van der Waals surface area contributed by atoms with Gasteiger partial charge in [-0.2, -0.15) is 0 Å². The van der Waals surface area contributed by atoms with Crippen LogP contribution in [0.5, 0.6) is 5.75 Å². The number of halogens is 2. The minimum absolute atomic E-state index is 0.0205. The number of H-pyrrole nitrogens is 1. The predicted molar refractivity (Wildman–Crippen MR) is 224 cm³/mol.